The van der Waals surface area contributed by atoms with Crippen molar-refractivity contribution in [1.82, 2.24) is 15.7 Å². The first kappa shape index (κ1) is 26.1. The lowest BCUT2D eigenvalue weighted by atomic mass is 9.95. The molecule has 0 unspecified atom stereocenters. The number of rotatable bonds is 11. The fraction of sp³-hybridized carbons (Fsp3) is 0.700. The highest BCUT2D eigenvalue weighted by atomic mass is 16.7. The van der Waals surface area contributed by atoms with Gasteiger partial charge in [-0.1, -0.05) is 40.5 Å². The molecule has 0 aromatic carbocycles. The molecule has 11 nitrogen and oxygen atoms in total. The van der Waals surface area contributed by atoms with E-state index in [2.05, 4.69) is 15.5 Å². The fourth-order valence-electron chi connectivity index (χ4n) is 2.89. The quantitative estimate of drug-likeness (QED) is 0.263. The van der Waals surface area contributed by atoms with E-state index >= 15 is 0 Å². The zero-order valence-corrected chi connectivity index (χ0v) is 18.6. The smallest absolute Gasteiger partial charge is 0.342 e. The van der Waals surface area contributed by atoms with E-state index in [1.54, 1.807) is 13.8 Å². The topological polar surface area (TPSA) is 148 Å². The molecule has 0 aliphatic carbocycles. The van der Waals surface area contributed by atoms with Crippen molar-refractivity contribution in [3.8, 4) is 0 Å². The first-order valence-corrected chi connectivity index (χ1v) is 10.3. The molecular weight excluding hydrogens is 410 g/mol. The van der Waals surface area contributed by atoms with Crippen LogP contribution >= 0.6 is 0 Å². The van der Waals surface area contributed by atoms with E-state index < -0.39 is 54.1 Å². The fourth-order valence-corrected chi connectivity index (χ4v) is 2.89. The van der Waals surface area contributed by atoms with Crippen LogP contribution in [0.1, 0.15) is 59.8 Å². The molecule has 4 atom stereocenters. The Bertz CT molecular complexity index is 707. The summed E-state index contributed by atoms with van der Waals surface area (Å²) in [6.45, 7) is 7.21. The third-order valence-corrected chi connectivity index (χ3v) is 5.28. The monoisotopic (exact) mass is 441 g/mol. The molecule has 0 saturated carbocycles. The molecule has 1 saturated heterocycles. The molecular formula is C20H31N3O8. The number of esters is 1. The van der Waals surface area contributed by atoms with E-state index in [0.717, 1.165) is 0 Å². The summed E-state index contributed by atoms with van der Waals surface area (Å²) in [6, 6.07) is -1.90. The van der Waals surface area contributed by atoms with Gasteiger partial charge in [-0.15, -0.1) is 5.06 Å². The molecule has 1 fully saturated rings. The molecule has 1 aliphatic heterocycles. The Kier molecular flexibility index (Phi) is 10.1. The lowest BCUT2D eigenvalue weighted by Gasteiger charge is -2.28. The Morgan fingerprint density at radius 2 is 1.45 bits per heavy atom. The van der Waals surface area contributed by atoms with Crippen molar-refractivity contribution in [1.29, 1.82) is 0 Å². The summed E-state index contributed by atoms with van der Waals surface area (Å²) >= 11 is 0. The Morgan fingerprint density at radius 3 is 1.94 bits per heavy atom. The van der Waals surface area contributed by atoms with Crippen molar-refractivity contribution in [3.63, 3.8) is 0 Å². The van der Waals surface area contributed by atoms with Gasteiger partial charge in [0.05, 0.1) is 7.11 Å². The molecule has 1 rings (SSSR count). The van der Waals surface area contributed by atoms with Crippen LogP contribution in [0.15, 0.2) is 0 Å². The predicted octanol–water partition coefficient (Wildman–Crippen LogP) is 0.219. The van der Waals surface area contributed by atoms with E-state index in [1.807, 2.05) is 13.8 Å². The lowest BCUT2D eigenvalue weighted by molar-refractivity contribution is -0.197. The summed E-state index contributed by atoms with van der Waals surface area (Å²) in [4.78, 5) is 76.8. The molecule has 31 heavy (non-hydrogen) atoms. The SMILES string of the molecule is CC[C@H](C)[C@H](NC(=O)CC(=O)ON1C(=O)CCC1=O)C(=O)N[C@H](C(=O)OC)[C@@H](C)CC. The largest absolute Gasteiger partial charge is 0.467 e. The van der Waals surface area contributed by atoms with Gasteiger partial charge in [0.15, 0.2) is 0 Å². The number of nitrogens with one attached hydrogen (secondary N) is 2. The number of carbonyl (C=O) groups is 6. The van der Waals surface area contributed by atoms with Gasteiger partial charge in [0.25, 0.3) is 11.8 Å². The molecule has 11 heteroatoms. The zero-order chi connectivity index (χ0) is 23.7. The minimum absolute atomic E-state index is 0.0634. The van der Waals surface area contributed by atoms with Crippen molar-refractivity contribution < 1.29 is 38.3 Å². The number of methoxy groups -OCH3 is 1. The highest BCUT2D eigenvalue weighted by Gasteiger charge is 2.35. The van der Waals surface area contributed by atoms with Crippen LogP contribution < -0.4 is 10.6 Å². The first-order chi connectivity index (χ1) is 14.5. The summed E-state index contributed by atoms with van der Waals surface area (Å²) < 4.78 is 4.76. The van der Waals surface area contributed by atoms with Crippen LogP contribution in [-0.2, 0) is 38.3 Å². The maximum Gasteiger partial charge on any atom is 0.342 e. The van der Waals surface area contributed by atoms with Crippen molar-refractivity contribution in [2.24, 2.45) is 11.8 Å². The summed E-state index contributed by atoms with van der Waals surface area (Å²) in [5, 5.41) is 5.44. The molecule has 1 heterocycles. The average molecular weight is 441 g/mol. The third-order valence-electron chi connectivity index (χ3n) is 5.28. The molecule has 1 aliphatic rings. The van der Waals surface area contributed by atoms with Gasteiger partial charge < -0.3 is 20.2 Å². The van der Waals surface area contributed by atoms with Gasteiger partial charge >= 0.3 is 11.9 Å². The molecule has 0 aromatic heterocycles. The van der Waals surface area contributed by atoms with Crippen molar-refractivity contribution >= 4 is 35.6 Å². The van der Waals surface area contributed by atoms with Gasteiger partial charge in [-0.2, -0.15) is 0 Å². The maximum absolute atomic E-state index is 12.8. The zero-order valence-electron chi connectivity index (χ0n) is 18.6. The maximum atomic E-state index is 12.8. The predicted molar refractivity (Wildman–Crippen MR) is 107 cm³/mol. The number of nitrogens with zero attached hydrogens (tertiary/aromatic N) is 1. The normalized spacial score (nSPS) is 17.4. The van der Waals surface area contributed by atoms with E-state index in [1.165, 1.54) is 7.11 Å². The molecule has 0 radical (unpaired) electrons. The molecule has 2 N–H and O–H groups in total. The van der Waals surface area contributed by atoms with Crippen LogP contribution in [0.3, 0.4) is 0 Å². The molecule has 0 aromatic rings. The van der Waals surface area contributed by atoms with Gasteiger partial charge in [0, 0.05) is 12.8 Å². The summed E-state index contributed by atoms with van der Waals surface area (Å²) in [5.41, 5.74) is 0. The third kappa shape index (κ3) is 7.34. The Balaban J connectivity index is 2.80. The number of amides is 4. The lowest BCUT2D eigenvalue weighted by Crippen LogP contribution is -2.55. The first-order valence-electron chi connectivity index (χ1n) is 10.3. The van der Waals surface area contributed by atoms with Crippen LogP contribution in [0.2, 0.25) is 0 Å². The van der Waals surface area contributed by atoms with Crippen molar-refractivity contribution in [2.75, 3.05) is 7.11 Å². The van der Waals surface area contributed by atoms with Crippen LogP contribution in [0, 0.1) is 11.8 Å². The molecule has 0 bridgehead atoms. The second-order valence-corrected chi connectivity index (χ2v) is 7.55. The summed E-state index contributed by atoms with van der Waals surface area (Å²) in [7, 11) is 1.22. The molecule has 4 amide bonds. The van der Waals surface area contributed by atoms with Crippen molar-refractivity contribution in [3.05, 3.63) is 0 Å². The van der Waals surface area contributed by atoms with Crippen LogP contribution in [0.4, 0.5) is 0 Å². The summed E-state index contributed by atoms with van der Waals surface area (Å²) in [5.74, 6) is -4.92. The van der Waals surface area contributed by atoms with Crippen LogP contribution in [-0.4, -0.2) is 59.8 Å². The van der Waals surface area contributed by atoms with Gasteiger partial charge in [0.2, 0.25) is 11.8 Å². The standard InChI is InChI=1S/C20H31N3O8/c1-6-11(3)17(19(28)22-18(12(4)7-2)20(29)30-5)21-13(24)10-16(27)31-23-14(25)8-9-15(23)26/h11-12,17-18H,6-10H2,1-5H3,(H,21,24)(H,22,28)/t11-,12-,17-,18-/m0/s1. The number of carbonyl (C=O) groups excluding carboxylic acids is 6. The highest BCUT2D eigenvalue weighted by Crippen LogP contribution is 2.14. The second kappa shape index (κ2) is 12.0. The summed E-state index contributed by atoms with van der Waals surface area (Å²) in [6.07, 6.45) is 0.229. The van der Waals surface area contributed by atoms with Gasteiger partial charge in [-0.3, -0.25) is 19.2 Å². The number of ether oxygens (including phenoxy) is 1. The Hall–Kier alpha value is -2.98. The van der Waals surface area contributed by atoms with Gasteiger partial charge in [-0.25, -0.2) is 9.59 Å². The highest BCUT2D eigenvalue weighted by molar-refractivity contribution is 6.03. The van der Waals surface area contributed by atoms with Gasteiger partial charge in [0.1, 0.15) is 18.5 Å². The molecule has 174 valence electrons. The Labute approximate surface area is 181 Å². The van der Waals surface area contributed by atoms with E-state index in [-0.39, 0.29) is 24.7 Å². The van der Waals surface area contributed by atoms with Crippen molar-refractivity contribution in [2.45, 2.75) is 71.9 Å². The Morgan fingerprint density at radius 1 is 0.935 bits per heavy atom. The van der Waals surface area contributed by atoms with E-state index in [0.29, 0.717) is 17.9 Å². The number of hydrogen-bond acceptors (Lipinski definition) is 8. The number of hydroxylamine groups is 2. The minimum Gasteiger partial charge on any atom is -0.467 e. The minimum atomic E-state index is -1.10. The molecule has 0 spiro atoms. The second-order valence-electron chi connectivity index (χ2n) is 7.55. The van der Waals surface area contributed by atoms with E-state index in [9.17, 15) is 28.8 Å². The van der Waals surface area contributed by atoms with Gasteiger partial charge in [-0.05, 0) is 11.8 Å². The average Bonchev–Trinajstić information content (AvgIpc) is 3.05. The van der Waals surface area contributed by atoms with E-state index in [4.69, 9.17) is 4.74 Å². The number of hydrogen-bond donors (Lipinski definition) is 2. The van der Waals surface area contributed by atoms with Crippen LogP contribution in [0.5, 0.6) is 0 Å². The number of imide groups is 1. The van der Waals surface area contributed by atoms with Crippen LogP contribution in [0.25, 0.3) is 0 Å².